The second kappa shape index (κ2) is 7.77. The van der Waals surface area contributed by atoms with Gasteiger partial charge in [-0.15, -0.1) is 11.3 Å². The largest absolute Gasteiger partial charge is 0.368 e. The molecule has 1 atom stereocenters. The van der Waals surface area contributed by atoms with Gasteiger partial charge in [-0.25, -0.2) is 9.97 Å². The van der Waals surface area contributed by atoms with Gasteiger partial charge < -0.3 is 15.2 Å². The van der Waals surface area contributed by atoms with Crippen LogP contribution in [0.15, 0.2) is 17.8 Å². The van der Waals surface area contributed by atoms with E-state index in [1.165, 1.54) is 0 Å². The van der Waals surface area contributed by atoms with Crippen LogP contribution in [0.2, 0.25) is 0 Å². The number of nitrogens with two attached hydrogens (primary N) is 1. The normalized spacial score (nSPS) is 17.6. The number of carbonyl (C=O) groups excluding carboxylic acids is 2. The van der Waals surface area contributed by atoms with Crippen LogP contribution in [0.3, 0.4) is 0 Å². The molecule has 2 aromatic heterocycles. The number of aryl methyl sites for hydroxylation is 1. The number of piperidine rings is 1. The topological polar surface area (TPSA) is 94.1 Å². The lowest BCUT2D eigenvalue weighted by molar-refractivity contribution is -0.118. The van der Waals surface area contributed by atoms with Gasteiger partial charge in [0.1, 0.15) is 18.1 Å². The molecule has 1 fully saturated rings. The summed E-state index contributed by atoms with van der Waals surface area (Å²) < 4.78 is 1.78. The van der Waals surface area contributed by atoms with Crippen molar-refractivity contribution in [2.75, 3.05) is 13.1 Å². The summed E-state index contributed by atoms with van der Waals surface area (Å²) in [7, 11) is 0. The Morgan fingerprint density at radius 2 is 2.28 bits per heavy atom. The van der Waals surface area contributed by atoms with Crippen molar-refractivity contribution in [1.82, 2.24) is 19.4 Å². The number of thiazole rings is 1. The Bertz CT molecular complexity index is 754. The lowest BCUT2D eigenvalue weighted by Gasteiger charge is -2.32. The molecule has 25 heavy (non-hydrogen) atoms. The summed E-state index contributed by atoms with van der Waals surface area (Å²) in [6.07, 6.45) is 7.22. The highest BCUT2D eigenvalue weighted by Crippen LogP contribution is 2.27. The third-order valence-electron chi connectivity index (χ3n) is 4.38. The van der Waals surface area contributed by atoms with Gasteiger partial charge in [-0.2, -0.15) is 0 Å². The Morgan fingerprint density at radius 1 is 1.44 bits per heavy atom. The van der Waals surface area contributed by atoms with Gasteiger partial charge >= 0.3 is 0 Å². The van der Waals surface area contributed by atoms with Crippen LogP contribution in [-0.2, 0) is 17.8 Å². The van der Waals surface area contributed by atoms with E-state index in [2.05, 4.69) is 16.9 Å². The Balaban J connectivity index is 1.71. The fourth-order valence-electron chi connectivity index (χ4n) is 3.25. The first-order chi connectivity index (χ1) is 12.1. The van der Waals surface area contributed by atoms with Gasteiger partial charge in [0, 0.05) is 36.8 Å². The Kier molecular flexibility index (Phi) is 5.47. The van der Waals surface area contributed by atoms with E-state index in [0.29, 0.717) is 12.2 Å². The number of hydrogen-bond donors (Lipinski definition) is 1. The summed E-state index contributed by atoms with van der Waals surface area (Å²) in [4.78, 5) is 34.7. The smallest absolute Gasteiger partial charge is 0.273 e. The van der Waals surface area contributed by atoms with E-state index in [0.717, 1.165) is 43.1 Å². The van der Waals surface area contributed by atoms with Gasteiger partial charge in [-0.05, 0) is 25.7 Å². The van der Waals surface area contributed by atoms with Gasteiger partial charge in [0.25, 0.3) is 5.91 Å². The number of amides is 2. The number of rotatable bonds is 6. The second-order valence-electron chi connectivity index (χ2n) is 6.35. The lowest BCUT2D eigenvalue weighted by atomic mass is 9.97. The molecule has 1 aliphatic rings. The Morgan fingerprint density at radius 3 is 3.04 bits per heavy atom. The van der Waals surface area contributed by atoms with Crippen LogP contribution in [0.5, 0.6) is 0 Å². The van der Waals surface area contributed by atoms with E-state index in [1.807, 2.05) is 10.3 Å². The average Bonchev–Trinajstić information content (AvgIpc) is 3.24. The molecular weight excluding hydrogens is 338 g/mol. The average molecular weight is 361 g/mol. The van der Waals surface area contributed by atoms with Crippen molar-refractivity contribution in [2.45, 2.75) is 45.1 Å². The van der Waals surface area contributed by atoms with Gasteiger partial charge in [-0.1, -0.05) is 6.92 Å². The predicted octanol–water partition coefficient (Wildman–Crippen LogP) is 1.80. The standard InChI is InChI=1S/C17H23N5O2S/c1-2-4-15-20-13(11-25-15)17(24)22-7-3-5-12(9-22)16-19-6-8-21(16)10-14(18)23/h6,8,11-12H,2-5,7,9-10H2,1H3,(H2,18,23)/t12-/m0/s1. The maximum atomic E-state index is 12.8. The number of imidazole rings is 1. The monoisotopic (exact) mass is 361 g/mol. The SMILES string of the molecule is CCCc1nc(C(=O)N2CCC[C@H](c3nccn3CC(N)=O)C2)cs1. The highest BCUT2D eigenvalue weighted by molar-refractivity contribution is 7.09. The third-order valence-corrected chi connectivity index (χ3v) is 5.29. The van der Waals surface area contributed by atoms with Crippen LogP contribution in [0.1, 0.15) is 53.4 Å². The summed E-state index contributed by atoms with van der Waals surface area (Å²) in [5, 5.41) is 2.86. The molecule has 0 radical (unpaired) electrons. The van der Waals surface area contributed by atoms with Crippen LogP contribution in [0.4, 0.5) is 0 Å². The molecule has 1 aliphatic heterocycles. The van der Waals surface area contributed by atoms with E-state index >= 15 is 0 Å². The predicted molar refractivity (Wildman–Crippen MR) is 95.4 cm³/mol. The van der Waals surface area contributed by atoms with Crippen molar-refractivity contribution in [3.63, 3.8) is 0 Å². The summed E-state index contributed by atoms with van der Waals surface area (Å²) in [6, 6.07) is 0. The Labute approximate surface area is 150 Å². The molecule has 0 bridgehead atoms. The van der Waals surface area contributed by atoms with Crippen molar-refractivity contribution in [2.24, 2.45) is 5.73 Å². The number of primary amides is 1. The van der Waals surface area contributed by atoms with Gasteiger partial charge in [0.2, 0.25) is 5.91 Å². The summed E-state index contributed by atoms with van der Waals surface area (Å²) in [5.41, 5.74) is 5.84. The molecule has 134 valence electrons. The molecule has 0 aliphatic carbocycles. The highest BCUT2D eigenvalue weighted by Gasteiger charge is 2.29. The second-order valence-corrected chi connectivity index (χ2v) is 7.29. The van der Waals surface area contributed by atoms with E-state index in [1.54, 1.807) is 28.3 Å². The maximum Gasteiger partial charge on any atom is 0.273 e. The van der Waals surface area contributed by atoms with Crippen LogP contribution >= 0.6 is 11.3 Å². The van der Waals surface area contributed by atoms with Crippen LogP contribution in [0, 0.1) is 0 Å². The summed E-state index contributed by atoms with van der Waals surface area (Å²) >= 11 is 1.55. The minimum absolute atomic E-state index is 0.0173. The number of carbonyl (C=O) groups is 2. The van der Waals surface area contributed by atoms with Crippen molar-refractivity contribution in [3.05, 3.63) is 34.3 Å². The molecule has 0 unspecified atom stereocenters. The molecule has 0 aromatic carbocycles. The zero-order valence-corrected chi connectivity index (χ0v) is 15.2. The fourth-order valence-corrected chi connectivity index (χ4v) is 4.13. The molecular formula is C17H23N5O2S. The van der Waals surface area contributed by atoms with Gasteiger partial charge in [0.15, 0.2) is 0 Å². The number of nitrogens with zero attached hydrogens (tertiary/aromatic N) is 4. The van der Waals surface area contributed by atoms with Crippen LogP contribution in [0.25, 0.3) is 0 Å². The van der Waals surface area contributed by atoms with E-state index < -0.39 is 5.91 Å². The molecule has 3 heterocycles. The van der Waals surface area contributed by atoms with E-state index in [-0.39, 0.29) is 18.4 Å². The minimum atomic E-state index is -0.395. The maximum absolute atomic E-state index is 12.8. The Hall–Kier alpha value is -2.22. The number of likely N-dealkylation sites (tertiary alicyclic amines) is 1. The fraction of sp³-hybridized carbons (Fsp3) is 0.529. The zero-order valence-electron chi connectivity index (χ0n) is 14.4. The van der Waals surface area contributed by atoms with Gasteiger partial charge in [-0.3, -0.25) is 9.59 Å². The van der Waals surface area contributed by atoms with Crippen molar-refractivity contribution >= 4 is 23.2 Å². The summed E-state index contributed by atoms with van der Waals surface area (Å²) in [6.45, 7) is 3.54. The molecule has 2 aromatic rings. The number of hydrogen-bond acceptors (Lipinski definition) is 5. The molecule has 3 rings (SSSR count). The van der Waals surface area contributed by atoms with Crippen molar-refractivity contribution in [1.29, 1.82) is 0 Å². The molecule has 8 heteroatoms. The van der Waals surface area contributed by atoms with E-state index in [9.17, 15) is 9.59 Å². The zero-order chi connectivity index (χ0) is 17.8. The molecule has 7 nitrogen and oxygen atoms in total. The molecule has 0 saturated carbocycles. The van der Waals surface area contributed by atoms with Crippen molar-refractivity contribution in [3.8, 4) is 0 Å². The quantitative estimate of drug-likeness (QED) is 0.849. The van der Waals surface area contributed by atoms with E-state index in [4.69, 9.17) is 5.73 Å². The van der Waals surface area contributed by atoms with Crippen LogP contribution in [-0.4, -0.2) is 44.3 Å². The third kappa shape index (κ3) is 4.07. The van der Waals surface area contributed by atoms with Crippen molar-refractivity contribution < 1.29 is 9.59 Å². The van der Waals surface area contributed by atoms with Gasteiger partial charge in [0.05, 0.1) is 5.01 Å². The number of aromatic nitrogens is 3. The first kappa shape index (κ1) is 17.6. The van der Waals surface area contributed by atoms with Crippen LogP contribution < -0.4 is 5.73 Å². The lowest BCUT2D eigenvalue weighted by Crippen LogP contribution is -2.40. The molecule has 1 saturated heterocycles. The molecule has 2 amide bonds. The first-order valence-corrected chi connectivity index (χ1v) is 9.49. The first-order valence-electron chi connectivity index (χ1n) is 8.61. The highest BCUT2D eigenvalue weighted by atomic mass is 32.1. The molecule has 2 N–H and O–H groups in total. The molecule has 0 spiro atoms. The minimum Gasteiger partial charge on any atom is -0.368 e. The summed E-state index contributed by atoms with van der Waals surface area (Å²) in [5.74, 6) is 0.521.